The normalized spacial score (nSPS) is 17.2. The minimum Gasteiger partial charge on any atom is -0.469 e. The lowest BCUT2D eigenvalue weighted by Gasteiger charge is -2.31. The Morgan fingerprint density at radius 2 is 2.24 bits per heavy atom. The number of likely N-dealkylation sites (tertiary alicyclic amines) is 1. The summed E-state index contributed by atoms with van der Waals surface area (Å²) < 4.78 is 20.1. The van der Waals surface area contributed by atoms with E-state index in [0.29, 0.717) is 25.1 Å². The Labute approximate surface area is 142 Å². The van der Waals surface area contributed by atoms with Gasteiger partial charge in [0.25, 0.3) is 0 Å². The fourth-order valence-electron chi connectivity index (χ4n) is 2.75. The molecule has 2 amide bonds. The van der Waals surface area contributed by atoms with Crippen molar-refractivity contribution in [3.05, 3.63) is 30.3 Å². The van der Waals surface area contributed by atoms with Crippen molar-refractivity contribution in [2.24, 2.45) is 5.92 Å². The number of aromatic nitrogens is 4. The second-order valence-electron chi connectivity index (χ2n) is 5.66. The number of halogens is 1. The number of esters is 1. The van der Waals surface area contributed by atoms with Crippen molar-refractivity contribution in [3.8, 4) is 5.69 Å². The van der Waals surface area contributed by atoms with E-state index in [1.807, 2.05) is 0 Å². The Kier molecular flexibility index (Phi) is 4.87. The Morgan fingerprint density at radius 3 is 2.96 bits per heavy atom. The number of urea groups is 1. The van der Waals surface area contributed by atoms with Crippen LogP contribution in [-0.2, 0) is 9.53 Å². The zero-order valence-electron chi connectivity index (χ0n) is 13.6. The molecule has 3 rings (SSSR count). The molecule has 0 aliphatic carbocycles. The van der Waals surface area contributed by atoms with Crippen LogP contribution in [0.1, 0.15) is 12.8 Å². The fraction of sp³-hybridized carbons (Fsp3) is 0.400. The first-order valence-electron chi connectivity index (χ1n) is 7.75. The number of nitrogens with one attached hydrogen (secondary N) is 1. The summed E-state index contributed by atoms with van der Waals surface area (Å²) in [4.78, 5) is 25.6. The van der Waals surface area contributed by atoms with Crippen LogP contribution in [-0.4, -0.2) is 57.3 Å². The van der Waals surface area contributed by atoms with Gasteiger partial charge in [0, 0.05) is 13.1 Å². The summed E-state index contributed by atoms with van der Waals surface area (Å²) in [5.74, 6) is -1.28. The van der Waals surface area contributed by atoms with Gasteiger partial charge in [0.05, 0.1) is 24.4 Å². The number of hydrogen-bond donors (Lipinski definition) is 1. The van der Waals surface area contributed by atoms with Crippen molar-refractivity contribution in [2.45, 2.75) is 12.8 Å². The zero-order valence-corrected chi connectivity index (χ0v) is 13.6. The maximum absolute atomic E-state index is 14.0. The maximum Gasteiger partial charge on any atom is 0.321 e. The molecule has 0 spiro atoms. The minimum atomic E-state index is -0.577. The number of benzene rings is 1. The van der Waals surface area contributed by atoms with Gasteiger partial charge < -0.3 is 15.0 Å². The second-order valence-corrected chi connectivity index (χ2v) is 5.66. The van der Waals surface area contributed by atoms with Crippen molar-refractivity contribution >= 4 is 17.7 Å². The van der Waals surface area contributed by atoms with Crippen molar-refractivity contribution < 1.29 is 18.7 Å². The molecule has 25 heavy (non-hydrogen) atoms. The number of piperidine rings is 1. The van der Waals surface area contributed by atoms with Gasteiger partial charge in [-0.2, -0.15) is 0 Å². The number of methoxy groups -OCH3 is 1. The standard InChI is InChI=1S/C15H17FN6O3/c1-25-14(23)10-3-2-6-21(8-10)15(24)18-13-7-11(4-5-12(13)16)22-9-17-19-20-22/h4-5,7,9-10H,2-3,6,8H2,1H3,(H,18,24). The molecule has 0 radical (unpaired) electrons. The van der Waals surface area contributed by atoms with Gasteiger partial charge in [0.2, 0.25) is 0 Å². The lowest BCUT2D eigenvalue weighted by molar-refractivity contribution is -0.146. The smallest absolute Gasteiger partial charge is 0.321 e. The van der Waals surface area contributed by atoms with Crippen LogP contribution in [0.25, 0.3) is 5.69 Å². The number of tetrazole rings is 1. The molecule has 1 aliphatic heterocycles. The first-order chi connectivity index (χ1) is 12.1. The fourth-order valence-corrected chi connectivity index (χ4v) is 2.75. The van der Waals surface area contributed by atoms with E-state index in [0.717, 1.165) is 0 Å². The van der Waals surface area contributed by atoms with E-state index in [1.54, 1.807) is 0 Å². The van der Waals surface area contributed by atoms with Crippen LogP contribution in [0.5, 0.6) is 0 Å². The lowest BCUT2D eigenvalue weighted by atomic mass is 9.98. The lowest BCUT2D eigenvalue weighted by Crippen LogP contribution is -2.44. The molecule has 1 aromatic heterocycles. The largest absolute Gasteiger partial charge is 0.469 e. The highest BCUT2D eigenvalue weighted by Crippen LogP contribution is 2.21. The number of carbonyl (C=O) groups is 2. The van der Waals surface area contributed by atoms with E-state index >= 15 is 0 Å². The van der Waals surface area contributed by atoms with Crippen LogP contribution >= 0.6 is 0 Å². The van der Waals surface area contributed by atoms with E-state index in [4.69, 9.17) is 4.74 Å². The summed E-state index contributed by atoms with van der Waals surface area (Å²) in [5.41, 5.74) is 0.519. The minimum absolute atomic E-state index is 0.0122. The topological polar surface area (TPSA) is 102 Å². The van der Waals surface area contributed by atoms with Crippen LogP contribution in [0.15, 0.2) is 24.5 Å². The average molecular weight is 348 g/mol. The van der Waals surface area contributed by atoms with Gasteiger partial charge in [-0.05, 0) is 41.5 Å². The third kappa shape index (κ3) is 3.73. The quantitative estimate of drug-likeness (QED) is 0.837. The van der Waals surface area contributed by atoms with Crippen molar-refractivity contribution in [1.29, 1.82) is 0 Å². The van der Waals surface area contributed by atoms with Gasteiger partial charge in [0.1, 0.15) is 12.1 Å². The summed E-state index contributed by atoms with van der Waals surface area (Å²) >= 11 is 0. The highest BCUT2D eigenvalue weighted by atomic mass is 19.1. The Hall–Kier alpha value is -3.04. The third-order valence-electron chi connectivity index (χ3n) is 4.05. The molecular formula is C15H17FN6O3. The van der Waals surface area contributed by atoms with Crippen LogP contribution in [0.2, 0.25) is 0 Å². The molecule has 1 N–H and O–H groups in total. The van der Waals surface area contributed by atoms with Gasteiger partial charge >= 0.3 is 12.0 Å². The van der Waals surface area contributed by atoms with Gasteiger partial charge in [-0.1, -0.05) is 0 Å². The molecule has 2 heterocycles. The highest BCUT2D eigenvalue weighted by molar-refractivity contribution is 5.90. The van der Waals surface area contributed by atoms with Crippen molar-refractivity contribution in [1.82, 2.24) is 25.1 Å². The molecule has 1 atom stereocenters. The monoisotopic (exact) mass is 348 g/mol. The Balaban J connectivity index is 1.72. The molecule has 0 saturated carbocycles. The van der Waals surface area contributed by atoms with E-state index in [1.165, 1.54) is 41.2 Å². The number of hydrogen-bond acceptors (Lipinski definition) is 6. The molecule has 1 saturated heterocycles. The van der Waals surface area contributed by atoms with Crippen molar-refractivity contribution in [3.63, 3.8) is 0 Å². The molecule has 1 fully saturated rings. The van der Waals surface area contributed by atoms with Crippen molar-refractivity contribution in [2.75, 3.05) is 25.5 Å². The first kappa shape index (κ1) is 16.8. The van der Waals surface area contributed by atoms with E-state index < -0.39 is 11.8 Å². The van der Waals surface area contributed by atoms with Gasteiger partial charge in [-0.15, -0.1) is 5.10 Å². The molecule has 0 bridgehead atoms. The van der Waals surface area contributed by atoms with Crippen LogP contribution < -0.4 is 5.32 Å². The van der Waals surface area contributed by atoms with Gasteiger partial charge in [0.15, 0.2) is 0 Å². The molecule has 132 valence electrons. The summed E-state index contributed by atoms with van der Waals surface area (Å²) in [6.45, 7) is 0.737. The predicted octanol–water partition coefficient (Wildman–Crippen LogP) is 1.22. The summed E-state index contributed by atoms with van der Waals surface area (Å²) in [6, 6.07) is 3.68. The summed E-state index contributed by atoms with van der Waals surface area (Å²) in [6.07, 6.45) is 2.71. The van der Waals surface area contributed by atoms with Gasteiger partial charge in [-0.3, -0.25) is 4.79 Å². The number of nitrogens with zero attached hydrogens (tertiary/aromatic N) is 5. The zero-order chi connectivity index (χ0) is 17.8. The number of rotatable bonds is 3. The van der Waals surface area contributed by atoms with E-state index in [9.17, 15) is 14.0 Å². The van der Waals surface area contributed by atoms with E-state index in [-0.39, 0.29) is 24.1 Å². The average Bonchev–Trinajstić information content (AvgIpc) is 3.17. The number of anilines is 1. The van der Waals surface area contributed by atoms with Gasteiger partial charge in [-0.25, -0.2) is 13.9 Å². The number of amides is 2. The van der Waals surface area contributed by atoms with E-state index in [2.05, 4.69) is 20.8 Å². The van der Waals surface area contributed by atoms with Crippen LogP contribution in [0, 0.1) is 11.7 Å². The summed E-state index contributed by atoms with van der Waals surface area (Å²) in [7, 11) is 1.32. The third-order valence-corrected chi connectivity index (χ3v) is 4.05. The summed E-state index contributed by atoms with van der Waals surface area (Å²) in [5, 5.41) is 13.3. The Bertz CT molecular complexity index is 767. The highest BCUT2D eigenvalue weighted by Gasteiger charge is 2.29. The Morgan fingerprint density at radius 1 is 1.40 bits per heavy atom. The molecule has 1 aliphatic rings. The molecule has 1 aromatic carbocycles. The number of carbonyl (C=O) groups excluding carboxylic acids is 2. The maximum atomic E-state index is 14.0. The molecule has 1 unspecified atom stereocenters. The predicted molar refractivity (Wildman–Crippen MR) is 84.4 cm³/mol. The number of ether oxygens (including phenoxy) is 1. The first-order valence-corrected chi connectivity index (χ1v) is 7.75. The molecule has 9 nitrogen and oxygen atoms in total. The molecule has 10 heteroatoms. The molecular weight excluding hydrogens is 331 g/mol. The second kappa shape index (κ2) is 7.24. The SMILES string of the molecule is COC(=O)C1CCCN(C(=O)Nc2cc(-n3cnnn3)ccc2F)C1. The molecule has 2 aromatic rings. The van der Waals surface area contributed by atoms with Crippen LogP contribution in [0.3, 0.4) is 0 Å². The van der Waals surface area contributed by atoms with Crippen LogP contribution in [0.4, 0.5) is 14.9 Å².